The minimum absolute atomic E-state index is 0.0347. The van der Waals surface area contributed by atoms with Crippen molar-refractivity contribution < 1.29 is 9.59 Å². The fourth-order valence-electron chi connectivity index (χ4n) is 2.83. The number of amides is 2. The molecule has 2 aliphatic carbocycles. The minimum Gasteiger partial charge on any atom is -0.296 e. The van der Waals surface area contributed by atoms with Crippen LogP contribution in [-0.2, 0) is 9.59 Å². The maximum absolute atomic E-state index is 11.3. The molecule has 0 radical (unpaired) electrons. The molecule has 0 aromatic rings. The minimum atomic E-state index is -0.0538. The first-order valence-electron chi connectivity index (χ1n) is 4.30. The van der Waals surface area contributed by atoms with E-state index in [4.69, 9.17) is 0 Å². The van der Waals surface area contributed by atoms with E-state index in [2.05, 4.69) is 17.5 Å². The molecule has 1 saturated heterocycles. The highest BCUT2D eigenvalue weighted by molar-refractivity contribution is 6.06. The molecule has 2 bridgehead atoms. The highest BCUT2D eigenvalue weighted by Crippen LogP contribution is 2.50. The number of carbonyl (C=O) groups is 2. The molecule has 1 heterocycles. The molecule has 1 saturated carbocycles. The van der Waals surface area contributed by atoms with Gasteiger partial charge in [-0.2, -0.15) is 0 Å². The maximum atomic E-state index is 11.3. The summed E-state index contributed by atoms with van der Waals surface area (Å²) in [7, 11) is 0. The number of nitrogens with one attached hydrogen (secondary N) is 1. The van der Waals surface area contributed by atoms with Crippen molar-refractivity contribution in [2.45, 2.75) is 6.42 Å². The monoisotopic (exact) mass is 163 g/mol. The van der Waals surface area contributed by atoms with Crippen molar-refractivity contribution in [2.75, 3.05) is 0 Å². The normalized spacial score (nSPS) is 48.3. The van der Waals surface area contributed by atoms with E-state index in [1.807, 2.05) is 0 Å². The van der Waals surface area contributed by atoms with Crippen LogP contribution < -0.4 is 5.32 Å². The number of allylic oxidation sites excluding steroid dienone is 2. The zero-order valence-electron chi connectivity index (χ0n) is 6.49. The summed E-state index contributed by atoms with van der Waals surface area (Å²) in [5.74, 6) is 0.501. The van der Waals surface area contributed by atoms with Crippen LogP contribution >= 0.6 is 0 Å². The molecule has 1 aliphatic heterocycles. The van der Waals surface area contributed by atoms with E-state index in [-0.39, 0.29) is 23.7 Å². The highest BCUT2D eigenvalue weighted by Gasteiger charge is 2.55. The van der Waals surface area contributed by atoms with Crippen LogP contribution in [0.1, 0.15) is 6.42 Å². The molecule has 0 spiro atoms. The zero-order valence-corrected chi connectivity index (χ0v) is 6.49. The van der Waals surface area contributed by atoms with Gasteiger partial charge in [-0.05, 0) is 18.3 Å². The number of hydrogen-bond acceptors (Lipinski definition) is 2. The molecule has 1 N–H and O–H groups in total. The summed E-state index contributed by atoms with van der Waals surface area (Å²) < 4.78 is 0. The Kier molecular flexibility index (Phi) is 0.953. The second-order valence-corrected chi connectivity index (χ2v) is 3.85. The second-order valence-electron chi connectivity index (χ2n) is 3.85. The van der Waals surface area contributed by atoms with Gasteiger partial charge in [0.25, 0.3) is 0 Å². The van der Waals surface area contributed by atoms with Crippen molar-refractivity contribution in [2.24, 2.45) is 23.7 Å². The van der Waals surface area contributed by atoms with Crippen molar-refractivity contribution in [3.8, 4) is 0 Å². The predicted molar refractivity (Wildman–Crippen MR) is 40.9 cm³/mol. The topological polar surface area (TPSA) is 46.2 Å². The third kappa shape index (κ3) is 0.543. The lowest BCUT2D eigenvalue weighted by Crippen LogP contribution is -2.25. The molecular formula is C9H9NO2. The molecule has 4 atom stereocenters. The Bertz CT molecular complexity index is 280. The number of carbonyl (C=O) groups excluding carboxylic acids is 2. The van der Waals surface area contributed by atoms with Crippen LogP contribution in [0.5, 0.6) is 0 Å². The molecule has 3 nitrogen and oxygen atoms in total. The Balaban J connectivity index is 2.08. The molecule has 2 amide bonds. The Labute approximate surface area is 69.8 Å². The molecule has 2 fully saturated rings. The first-order valence-corrected chi connectivity index (χ1v) is 4.30. The summed E-state index contributed by atoms with van der Waals surface area (Å²) >= 11 is 0. The van der Waals surface area contributed by atoms with Crippen LogP contribution in [-0.4, -0.2) is 11.8 Å². The summed E-state index contributed by atoms with van der Waals surface area (Å²) in [6.07, 6.45) is 5.18. The SMILES string of the molecule is O=C1NC(=O)C2C1C1C=C[C@H]2C1. The van der Waals surface area contributed by atoms with E-state index in [0.29, 0.717) is 11.8 Å². The lowest BCUT2D eigenvalue weighted by atomic mass is 9.85. The van der Waals surface area contributed by atoms with Gasteiger partial charge in [-0.25, -0.2) is 0 Å². The van der Waals surface area contributed by atoms with Gasteiger partial charge in [-0.1, -0.05) is 12.2 Å². The number of fused-ring (bicyclic) bond motifs is 5. The summed E-state index contributed by atoms with van der Waals surface area (Å²) in [6.45, 7) is 0. The predicted octanol–water partition coefficient (Wildman–Crippen LogP) is 0.0811. The van der Waals surface area contributed by atoms with E-state index in [1.165, 1.54) is 0 Å². The van der Waals surface area contributed by atoms with Crippen molar-refractivity contribution >= 4 is 11.8 Å². The number of hydrogen-bond donors (Lipinski definition) is 1. The van der Waals surface area contributed by atoms with Crippen LogP contribution in [0.4, 0.5) is 0 Å². The van der Waals surface area contributed by atoms with Gasteiger partial charge in [0.05, 0.1) is 11.8 Å². The molecule has 0 aromatic heterocycles. The van der Waals surface area contributed by atoms with Crippen molar-refractivity contribution in [3.05, 3.63) is 12.2 Å². The van der Waals surface area contributed by atoms with E-state index < -0.39 is 0 Å². The zero-order chi connectivity index (χ0) is 8.29. The molecule has 12 heavy (non-hydrogen) atoms. The molecule has 3 rings (SSSR count). The molecule has 62 valence electrons. The van der Waals surface area contributed by atoms with E-state index in [9.17, 15) is 9.59 Å². The second kappa shape index (κ2) is 1.79. The average Bonchev–Trinajstić information content (AvgIpc) is 2.64. The highest BCUT2D eigenvalue weighted by atomic mass is 16.2. The van der Waals surface area contributed by atoms with E-state index in [1.54, 1.807) is 0 Å². The Morgan fingerprint density at radius 3 is 2.08 bits per heavy atom. The third-order valence-electron chi connectivity index (χ3n) is 3.31. The van der Waals surface area contributed by atoms with Gasteiger partial charge in [0.15, 0.2) is 0 Å². The molecule has 0 aromatic carbocycles. The quantitative estimate of drug-likeness (QED) is 0.406. The fourth-order valence-corrected chi connectivity index (χ4v) is 2.83. The lowest BCUT2D eigenvalue weighted by molar-refractivity contribution is -0.126. The fraction of sp³-hybridized carbons (Fsp3) is 0.556. The van der Waals surface area contributed by atoms with Crippen LogP contribution in [0.3, 0.4) is 0 Å². The molecule has 3 aliphatic rings. The summed E-state index contributed by atoms with van der Waals surface area (Å²) in [5, 5.41) is 2.40. The lowest BCUT2D eigenvalue weighted by Gasteiger charge is -2.14. The Morgan fingerprint density at radius 2 is 1.58 bits per heavy atom. The van der Waals surface area contributed by atoms with Crippen molar-refractivity contribution in [1.29, 1.82) is 0 Å². The summed E-state index contributed by atoms with van der Waals surface area (Å²) in [5.41, 5.74) is 0. The Hall–Kier alpha value is -1.12. The average molecular weight is 163 g/mol. The third-order valence-corrected chi connectivity index (χ3v) is 3.31. The maximum Gasteiger partial charge on any atom is 0.231 e. The van der Waals surface area contributed by atoms with Crippen LogP contribution in [0.15, 0.2) is 12.2 Å². The van der Waals surface area contributed by atoms with Gasteiger partial charge in [0, 0.05) is 0 Å². The van der Waals surface area contributed by atoms with Gasteiger partial charge in [-0.15, -0.1) is 0 Å². The van der Waals surface area contributed by atoms with Crippen LogP contribution in [0.25, 0.3) is 0 Å². The van der Waals surface area contributed by atoms with Crippen LogP contribution in [0.2, 0.25) is 0 Å². The van der Waals surface area contributed by atoms with Crippen molar-refractivity contribution in [3.63, 3.8) is 0 Å². The smallest absolute Gasteiger partial charge is 0.231 e. The molecular weight excluding hydrogens is 154 g/mol. The van der Waals surface area contributed by atoms with Gasteiger partial charge in [-0.3, -0.25) is 14.9 Å². The van der Waals surface area contributed by atoms with Gasteiger partial charge < -0.3 is 0 Å². The largest absolute Gasteiger partial charge is 0.296 e. The summed E-state index contributed by atoms with van der Waals surface area (Å²) in [6, 6.07) is 0. The Morgan fingerprint density at radius 1 is 1.08 bits per heavy atom. The van der Waals surface area contributed by atoms with Gasteiger partial charge >= 0.3 is 0 Å². The summed E-state index contributed by atoms with van der Waals surface area (Å²) in [4.78, 5) is 22.6. The van der Waals surface area contributed by atoms with Gasteiger partial charge in [0.1, 0.15) is 0 Å². The van der Waals surface area contributed by atoms with Gasteiger partial charge in [0.2, 0.25) is 11.8 Å². The molecule has 3 unspecified atom stereocenters. The standard InChI is InChI=1S/C9H9NO2/c11-8-6-4-1-2-5(3-4)7(6)9(12)10-8/h1-2,4-7H,3H2,(H,10,11,12)/t4-,5?,6?,7?/m0/s1. The van der Waals surface area contributed by atoms with Crippen LogP contribution in [0, 0.1) is 23.7 Å². The first kappa shape index (κ1) is 6.40. The van der Waals surface area contributed by atoms with E-state index >= 15 is 0 Å². The number of rotatable bonds is 0. The van der Waals surface area contributed by atoms with E-state index in [0.717, 1.165) is 6.42 Å². The first-order chi connectivity index (χ1) is 5.77. The van der Waals surface area contributed by atoms with Crippen molar-refractivity contribution in [1.82, 2.24) is 5.32 Å². The number of imide groups is 1. The molecule has 3 heteroatoms.